The third-order valence-corrected chi connectivity index (χ3v) is 2.74. The predicted molar refractivity (Wildman–Crippen MR) is 49.4 cm³/mol. The van der Waals surface area contributed by atoms with Gasteiger partial charge in [0, 0.05) is 0 Å². The van der Waals surface area contributed by atoms with Crippen molar-refractivity contribution in [1.82, 2.24) is 5.32 Å². The summed E-state index contributed by atoms with van der Waals surface area (Å²) in [4.78, 5) is 10.5. The Morgan fingerprint density at radius 3 is 2.60 bits per heavy atom. The van der Waals surface area contributed by atoms with Gasteiger partial charge in [0.1, 0.15) is 12.2 Å². The molecule has 0 bridgehead atoms. The lowest BCUT2D eigenvalue weighted by atomic mass is 10.2. The van der Waals surface area contributed by atoms with Gasteiger partial charge in [-0.1, -0.05) is 0 Å². The van der Waals surface area contributed by atoms with E-state index in [0.717, 1.165) is 0 Å². The summed E-state index contributed by atoms with van der Waals surface area (Å²) in [6.07, 6.45) is -2.28. The largest absolute Gasteiger partial charge is 0.465 e. The van der Waals surface area contributed by atoms with Crippen LogP contribution in [0.3, 0.4) is 0 Å². The highest BCUT2D eigenvalue weighted by molar-refractivity contribution is 5.65. The fourth-order valence-corrected chi connectivity index (χ4v) is 2.25. The number of ether oxygens (including phenoxy) is 2. The van der Waals surface area contributed by atoms with Crippen molar-refractivity contribution >= 4 is 6.09 Å². The summed E-state index contributed by atoms with van der Waals surface area (Å²) in [7, 11) is 0. The molecule has 2 aliphatic rings. The van der Waals surface area contributed by atoms with Crippen molar-refractivity contribution < 1.29 is 24.5 Å². The molecule has 0 radical (unpaired) electrons. The van der Waals surface area contributed by atoms with Crippen LogP contribution in [0.15, 0.2) is 0 Å². The van der Waals surface area contributed by atoms with Crippen LogP contribution in [0, 0.1) is 0 Å². The average Bonchev–Trinajstić information content (AvgIpc) is 2.49. The van der Waals surface area contributed by atoms with Crippen molar-refractivity contribution in [1.29, 1.82) is 0 Å². The van der Waals surface area contributed by atoms with E-state index < -0.39 is 36.2 Å². The summed E-state index contributed by atoms with van der Waals surface area (Å²) in [5.41, 5.74) is 0. The van der Waals surface area contributed by atoms with Gasteiger partial charge in [-0.2, -0.15) is 0 Å². The molecule has 1 heterocycles. The van der Waals surface area contributed by atoms with E-state index in [1.54, 1.807) is 13.8 Å². The quantitative estimate of drug-likeness (QED) is 0.571. The minimum atomic E-state index is -1.11. The van der Waals surface area contributed by atoms with Crippen LogP contribution in [0.2, 0.25) is 0 Å². The van der Waals surface area contributed by atoms with Crippen molar-refractivity contribution in [2.24, 2.45) is 0 Å². The second kappa shape index (κ2) is 3.33. The maximum absolute atomic E-state index is 10.5. The van der Waals surface area contributed by atoms with Gasteiger partial charge in [-0.15, -0.1) is 0 Å². The van der Waals surface area contributed by atoms with Gasteiger partial charge >= 0.3 is 6.09 Å². The molecular formula is C9H15NO5. The number of aliphatic hydroxyl groups is 1. The lowest BCUT2D eigenvalue weighted by Gasteiger charge is -2.22. The Morgan fingerprint density at radius 2 is 2.00 bits per heavy atom. The maximum Gasteiger partial charge on any atom is 0.404 e. The first-order chi connectivity index (χ1) is 6.89. The minimum Gasteiger partial charge on any atom is -0.465 e. The van der Waals surface area contributed by atoms with Gasteiger partial charge in [-0.05, 0) is 20.3 Å². The second-order valence-corrected chi connectivity index (χ2v) is 4.42. The number of hydrogen-bond acceptors (Lipinski definition) is 4. The normalized spacial score (nSPS) is 42.6. The molecule has 0 spiro atoms. The standard InChI is InChI=1S/C9H15NO5/c1-9(2)14-6-4(10-8(12)13)3-5(11)7(6)15-9/h4-7,10-11H,3H2,1-2H3,(H,12,13)/t4-,5+,6+,7-/m1/s1. The van der Waals surface area contributed by atoms with E-state index in [0.29, 0.717) is 6.42 Å². The molecule has 4 atom stereocenters. The Balaban J connectivity index is 2.09. The molecule has 0 unspecified atom stereocenters. The third-order valence-electron chi connectivity index (χ3n) is 2.74. The van der Waals surface area contributed by atoms with Gasteiger partial charge in [0.15, 0.2) is 5.79 Å². The van der Waals surface area contributed by atoms with Crippen molar-refractivity contribution in [3.63, 3.8) is 0 Å². The first-order valence-electron chi connectivity index (χ1n) is 4.92. The van der Waals surface area contributed by atoms with Crippen LogP contribution in [-0.4, -0.2) is 46.4 Å². The topological polar surface area (TPSA) is 88.0 Å². The molecule has 2 fully saturated rings. The molecule has 0 aromatic heterocycles. The summed E-state index contributed by atoms with van der Waals surface area (Å²) in [6.45, 7) is 3.49. The van der Waals surface area contributed by atoms with Gasteiger partial charge in [0.05, 0.1) is 12.1 Å². The number of aliphatic hydroxyl groups excluding tert-OH is 1. The number of carbonyl (C=O) groups is 1. The SMILES string of the molecule is CC1(C)O[C@@H]2[C@H](O1)[C@@H](O)C[C@H]2NC(=O)O. The third kappa shape index (κ3) is 1.92. The van der Waals surface area contributed by atoms with Gasteiger partial charge < -0.3 is 25.0 Å². The number of carboxylic acid groups (broad SMARTS) is 1. The molecule has 1 aliphatic heterocycles. The van der Waals surface area contributed by atoms with E-state index in [9.17, 15) is 9.90 Å². The minimum absolute atomic E-state index is 0.331. The van der Waals surface area contributed by atoms with Crippen LogP contribution >= 0.6 is 0 Å². The molecule has 0 aromatic carbocycles. The smallest absolute Gasteiger partial charge is 0.404 e. The fraction of sp³-hybridized carbons (Fsp3) is 0.889. The van der Waals surface area contributed by atoms with Crippen molar-refractivity contribution in [3.8, 4) is 0 Å². The van der Waals surface area contributed by atoms with Crippen LogP contribution < -0.4 is 5.32 Å². The predicted octanol–water partition coefficient (Wildman–Crippen LogP) is -0.0927. The lowest BCUT2D eigenvalue weighted by molar-refractivity contribution is -0.163. The van der Waals surface area contributed by atoms with E-state index in [2.05, 4.69) is 5.32 Å². The molecule has 1 amide bonds. The van der Waals surface area contributed by atoms with Crippen LogP contribution in [0.4, 0.5) is 4.79 Å². The van der Waals surface area contributed by atoms with Crippen LogP contribution in [0.5, 0.6) is 0 Å². The highest BCUT2D eigenvalue weighted by atomic mass is 16.8. The maximum atomic E-state index is 10.5. The van der Waals surface area contributed by atoms with E-state index in [-0.39, 0.29) is 0 Å². The first-order valence-corrected chi connectivity index (χ1v) is 4.92. The second-order valence-electron chi connectivity index (χ2n) is 4.42. The lowest BCUT2D eigenvalue weighted by Crippen LogP contribution is -2.42. The molecule has 1 saturated heterocycles. The van der Waals surface area contributed by atoms with Crippen molar-refractivity contribution in [2.45, 2.75) is 50.4 Å². The number of hydrogen-bond donors (Lipinski definition) is 3. The summed E-state index contributed by atoms with van der Waals surface area (Å²) in [5, 5.41) is 20.6. The number of nitrogens with one attached hydrogen (secondary N) is 1. The van der Waals surface area contributed by atoms with E-state index in [1.807, 2.05) is 0 Å². The zero-order valence-electron chi connectivity index (χ0n) is 8.64. The molecule has 6 nitrogen and oxygen atoms in total. The molecule has 6 heteroatoms. The number of fused-ring (bicyclic) bond motifs is 1. The van der Waals surface area contributed by atoms with E-state index in [4.69, 9.17) is 14.6 Å². The zero-order chi connectivity index (χ0) is 11.2. The summed E-state index contributed by atoms with van der Waals surface area (Å²) in [5.74, 6) is -0.755. The highest BCUT2D eigenvalue weighted by Crippen LogP contribution is 2.38. The first kappa shape index (κ1) is 10.7. The van der Waals surface area contributed by atoms with E-state index in [1.165, 1.54) is 0 Å². The Hall–Kier alpha value is -0.850. The van der Waals surface area contributed by atoms with Gasteiger partial charge in [-0.3, -0.25) is 0 Å². The monoisotopic (exact) mass is 217 g/mol. The molecule has 2 rings (SSSR count). The van der Waals surface area contributed by atoms with Crippen molar-refractivity contribution in [2.75, 3.05) is 0 Å². The summed E-state index contributed by atoms with van der Waals surface area (Å²) < 4.78 is 11.0. The zero-order valence-corrected chi connectivity index (χ0v) is 8.64. The summed E-state index contributed by atoms with van der Waals surface area (Å²) >= 11 is 0. The van der Waals surface area contributed by atoms with Crippen LogP contribution in [0.25, 0.3) is 0 Å². The highest BCUT2D eigenvalue weighted by Gasteiger charge is 2.54. The molecule has 86 valence electrons. The molecule has 15 heavy (non-hydrogen) atoms. The molecule has 0 aromatic rings. The fourth-order valence-electron chi connectivity index (χ4n) is 2.25. The Labute approximate surface area is 87.2 Å². The Kier molecular flexibility index (Phi) is 2.37. The van der Waals surface area contributed by atoms with Gasteiger partial charge in [0.2, 0.25) is 0 Å². The average molecular weight is 217 g/mol. The molecule has 1 aliphatic carbocycles. The number of amides is 1. The van der Waals surface area contributed by atoms with Gasteiger partial charge in [-0.25, -0.2) is 4.79 Å². The summed E-state index contributed by atoms with van der Waals surface area (Å²) in [6, 6.07) is -0.399. The number of rotatable bonds is 1. The van der Waals surface area contributed by atoms with Crippen molar-refractivity contribution in [3.05, 3.63) is 0 Å². The van der Waals surface area contributed by atoms with E-state index >= 15 is 0 Å². The Bertz CT molecular complexity index is 280. The van der Waals surface area contributed by atoms with Gasteiger partial charge in [0.25, 0.3) is 0 Å². The molecular weight excluding hydrogens is 202 g/mol. The Morgan fingerprint density at radius 1 is 1.40 bits per heavy atom. The van der Waals surface area contributed by atoms with Crippen LogP contribution in [0.1, 0.15) is 20.3 Å². The van der Waals surface area contributed by atoms with Crippen LogP contribution in [-0.2, 0) is 9.47 Å². The molecule has 1 saturated carbocycles. The molecule has 3 N–H and O–H groups in total.